The lowest BCUT2D eigenvalue weighted by Crippen LogP contribution is -1.80. The highest BCUT2D eigenvalue weighted by Gasteiger charge is 2.01. The molecular formula is C7H5Br2FS. The van der Waals surface area contributed by atoms with Crippen LogP contribution in [0.15, 0.2) is 27.6 Å². The fourth-order valence-electron chi connectivity index (χ4n) is 0.711. The van der Waals surface area contributed by atoms with Crippen molar-refractivity contribution < 1.29 is 3.89 Å². The van der Waals surface area contributed by atoms with E-state index in [1.807, 2.05) is 12.1 Å². The normalized spacial score (nSPS) is 10.1. The lowest BCUT2D eigenvalue weighted by atomic mass is 10.2. The molecule has 0 aliphatic carbocycles. The third kappa shape index (κ3) is 2.46. The van der Waals surface area contributed by atoms with E-state index in [1.54, 1.807) is 6.07 Å². The van der Waals surface area contributed by atoms with Crippen LogP contribution in [0, 0.1) is 0 Å². The van der Waals surface area contributed by atoms with Gasteiger partial charge in [0, 0.05) is 14.7 Å². The maximum atomic E-state index is 12.2. The zero-order valence-electron chi connectivity index (χ0n) is 5.48. The van der Waals surface area contributed by atoms with Crippen LogP contribution < -0.4 is 0 Å². The molecule has 0 unspecified atom stereocenters. The molecule has 0 atom stereocenters. The first kappa shape index (κ1) is 9.55. The molecule has 11 heavy (non-hydrogen) atoms. The van der Waals surface area contributed by atoms with Gasteiger partial charge in [-0.05, 0) is 17.7 Å². The molecular weight excluding hydrogens is 295 g/mol. The number of hydrogen-bond donors (Lipinski definition) is 0. The number of alkyl halides is 1. The Kier molecular flexibility index (Phi) is 3.89. The summed E-state index contributed by atoms with van der Waals surface area (Å²) in [6, 6.07) is 5.55. The Balaban J connectivity index is 3.06. The summed E-state index contributed by atoms with van der Waals surface area (Å²) in [7, 11) is 0. The molecule has 0 bridgehead atoms. The van der Waals surface area contributed by atoms with E-state index < -0.39 is 0 Å². The quantitative estimate of drug-likeness (QED) is 0.733. The third-order valence-corrected chi connectivity index (χ3v) is 2.90. The molecule has 0 aliphatic heterocycles. The van der Waals surface area contributed by atoms with Crippen LogP contribution in [0.2, 0.25) is 0 Å². The smallest absolute Gasteiger partial charge is 0.0815 e. The van der Waals surface area contributed by atoms with Gasteiger partial charge in [-0.25, -0.2) is 0 Å². The van der Waals surface area contributed by atoms with Crippen LogP contribution in [0.25, 0.3) is 0 Å². The van der Waals surface area contributed by atoms with Crippen LogP contribution >= 0.6 is 44.0 Å². The lowest BCUT2D eigenvalue weighted by Gasteiger charge is -2.00. The molecule has 0 aromatic heterocycles. The van der Waals surface area contributed by atoms with Crippen molar-refractivity contribution in [3.05, 3.63) is 28.2 Å². The maximum Gasteiger partial charge on any atom is 0.0815 e. The molecule has 0 heterocycles. The highest BCUT2D eigenvalue weighted by atomic mass is 79.9. The molecule has 0 radical (unpaired) electrons. The second-order valence-electron chi connectivity index (χ2n) is 1.96. The summed E-state index contributed by atoms with van der Waals surface area (Å²) in [6.45, 7) is 0. The minimum absolute atomic E-state index is 0.274. The molecule has 0 nitrogen and oxygen atoms in total. The average Bonchev–Trinajstić information content (AvgIpc) is 2.04. The van der Waals surface area contributed by atoms with E-state index in [4.69, 9.17) is 0 Å². The van der Waals surface area contributed by atoms with Crippen molar-refractivity contribution in [2.75, 3.05) is 0 Å². The van der Waals surface area contributed by atoms with E-state index in [1.165, 1.54) is 0 Å². The Morgan fingerprint density at radius 3 is 2.73 bits per heavy atom. The largest absolute Gasteiger partial charge is 0.160 e. The van der Waals surface area contributed by atoms with Crippen molar-refractivity contribution in [2.24, 2.45) is 0 Å². The van der Waals surface area contributed by atoms with Crippen molar-refractivity contribution in [1.29, 1.82) is 0 Å². The second kappa shape index (κ2) is 4.48. The van der Waals surface area contributed by atoms with E-state index in [9.17, 15) is 3.89 Å². The Morgan fingerprint density at radius 2 is 2.18 bits per heavy atom. The molecule has 4 heteroatoms. The molecule has 0 aliphatic rings. The van der Waals surface area contributed by atoms with Gasteiger partial charge in [0.2, 0.25) is 0 Å². The second-order valence-corrected chi connectivity index (χ2v) is 4.03. The molecule has 60 valence electrons. The molecule has 1 aromatic carbocycles. The number of benzene rings is 1. The Labute approximate surface area is 86.1 Å². The van der Waals surface area contributed by atoms with Gasteiger partial charge in [-0.3, -0.25) is 0 Å². The summed E-state index contributed by atoms with van der Waals surface area (Å²) in [4.78, 5) is 0.663. The summed E-state index contributed by atoms with van der Waals surface area (Å²) in [5.74, 6) is 0. The zero-order chi connectivity index (χ0) is 8.27. The fourth-order valence-corrected chi connectivity index (χ4v) is 2.31. The monoisotopic (exact) mass is 298 g/mol. The van der Waals surface area contributed by atoms with Gasteiger partial charge in [-0.1, -0.05) is 37.9 Å². The van der Waals surface area contributed by atoms with Gasteiger partial charge in [0.25, 0.3) is 0 Å². The van der Waals surface area contributed by atoms with Crippen molar-refractivity contribution in [2.45, 2.75) is 10.2 Å². The van der Waals surface area contributed by atoms with Crippen LogP contribution in [0.3, 0.4) is 0 Å². The molecule has 0 N–H and O–H groups in total. The van der Waals surface area contributed by atoms with Crippen LogP contribution in [0.1, 0.15) is 5.56 Å². The standard InChI is InChI=1S/C7H5Br2FS/c8-4-5-1-2-6(9)3-7(5)11-10/h1-3H,4H2. The molecule has 0 spiro atoms. The number of halogens is 3. The minimum atomic E-state index is 0.274. The molecule has 0 amide bonds. The first-order valence-electron chi connectivity index (χ1n) is 2.91. The number of rotatable bonds is 2. The van der Waals surface area contributed by atoms with Crippen molar-refractivity contribution in [1.82, 2.24) is 0 Å². The summed E-state index contributed by atoms with van der Waals surface area (Å²) in [5, 5.41) is 0.687. The van der Waals surface area contributed by atoms with Crippen molar-refractivity contribution in [3.63, 3.8) is 0 Å². The lowest BCUT2D eigenvalue weighted by molar-refractivity contribution is 0.931. The van der Waals surface area contributed by atoms with Gasteiger partial charge >= 0.3 is 0 Å². The van der Waals surface area contributed by atoms with E-state index >= 15 is 0 Å². The van der Waals surface area contributed by atoms with Gasteiger partial charge in [0.1, 0.15) is 0 Å². The summed E-state index contributed by atoms with van der Waals surface area (Å²) >= 11 is 6.82. The molecule has 0 saturated heterocycles. The average molecular weight is 300 g/mol. The SMILES string of the molecule is FSc1cc(Br)ccc1CBr. The summed E-state index contributed by atoms with van der Waals surface area (Å²) in [6.07, 6.45) is 0. The Hall–Kier alpha value is 0.460. The van der Waals surface area contributed by atoms with Crippen LogP contribution in [-0.4, -0.2) is 0 Å². The van der Waals surface area contributed by atoms with Crippen molar-refractivity contribution >= 4 is 44.0 Å². The molecule has 0 saturated carbocycles. The van der Waals surface area contributed by atoms with Gasteiger partial charge in [-0.2, -0.15) is 3.89 Å². The first-order chi connectivity index (χ1) is 5.27. The van der Waals surface area contributed by atoms with E-state index in [0.717, 1.165) is 10.0 Å². The third-order valence-electron chi connectivity index (χ3n) is 1.26. The molecule has 1 rings (SSSR count). The van der Waals surface area contributed by atoms with E-state index in [2.05, 4.69) is 31.9 Å². The molecule has 0 fully saturated rings. The van der Waals surface area contributed by atoms with E-state index in [0.29, 0.717) is 10.2 Å². The first-order valence-corrected chi connectivity index (χ1v) is 5.54. The zero-order valence-corrected chi connectivity index (χ0v) is 9.47. The Bertz CT molecular complexity index is 252. The van der Waals surface area contributed by atoms with Gasteiger partial charge in [-0.15, -0.1) is 0 Å². The minimum Gasteiger partial charge on any atom is -0.160 e. The number of hydrogen-bond acceptors (Lipinski definition) is 1. The highest BCUT2D eigenvalue weighted by molar-refractivity contribution is 9.10. The highest BCUT2D eigenvalue weighted by Crippen LogP contribution is 2.28. The van der Waals surface area contributed by atoms with Gasteiger partial charge in [0.15, 0.2) is 0 Å². The van der Waals surface area contributed by atoms with Crippen LogP contribution in [0.4, 0.5) is 3.89 Å². The fraction of sp³-hybridized carbons (Fsp3) is 0.143. The van der Waals surface area contributed by atoms with Crippen LogP contribution in [-0.2, 0) is 5.33 Å². The summed E-state index contributed by atoms with van der Waals surface area (Å²) in [5.41, 5.74) is 0.973. The van der Waals surface area contributed by atoms with E-state index in [-0.39, 0.29) is 12.1 Å². The van der Waals surface area contributed by atoms with Gasteiger partial charge in [0.05, 0.1) is 12.1 Å². The van der Waals surface area contributed by atoms with Gasteiger partial charge < -0.3 is 0 Å². The predicted octanol–water partition coefficient (Wildman–Crippen LogP) is 4.32. The Morgan fingerprint density at radius 1 is 1.45 bits per heavy atom. The molecule has 1 aromatic rings. The maximum absolute atomic E-state index is 12.2. The predicted molar refractivity (Wildman–Crippen MR) is 53.7 cm³/mol. The summed E-state index contributed by atoms with van der Waals surface area (Å²) < 4.78 is 13.1. The van der Waals surface area contributed by atoms with Crippen molar-refractivity contribution in [3.8, 4) is 0 Å². The van der Waals surface area contributed by atoms with Crippen LogP contribution in [0.5, 0.6) is 0 Å². The topological polar surface area (TPSA) is 0 Å².